The summed E-state index contributed by atoms with van der Waals surface area (Å²) in [4.78, 5) is 51.3. The van der Waals surface area contributed by atoms with Gasteiger partial charge in [-0.05, 0) is 0 Å². The summed E-state index contributed by atoms with van der Waals surface area (Å²) in [5, 5.41) is 0. The van der Waals surface area contributed by atoms with Crippen molar-refractivity contribution >= 4 is 174 Å². The van der Waals surface area contributed by atoms with Crippen molar-refractivity contribution in [2.24, 2.45) is 0 Å². The monoisotopic (exact) mass is 400 g/mol. The van der Waals surface area contributed by atoms with Crippen LogP contribution in [0.5, 0.6) is 0 Å². The van der Waals surface area contributed by atoms with Crippen LogP contribution in [0.2, 0.25) is 0 Å². The third-order valence-electron chi connectivity index (χ3n) is 0. The van der Waals surface area contributed by atoms with Crippen molar-refractivity contribution in [1.82, 2.24) is 0 Å². The Balaban J connectivity index is -0.0000000178. The minimum atomic E-state index is -5.39. The first-order chi connectivity index (χ1) is 4.00. The van der Waals surface area contributed by atoms with Gasteiger partial charge in [-0.25, -0.2) is 0 Å². The molecule has 8 nitrogen and oxygen atoms in total. The van der Waals surface area contributed by atoms with E-state index in [0.29, 0.717) is 0 Å². The van der Waals surface area contributed by atoms with Gasteiger partial charge in [0, 0.05) is 0 Å². The van der Waals surface area contributed by atoms with Gasteiger partial charge in [0.25, 0.3) is 0 Å². The number of hydrogen-bond donors (Lipinski definition) is 0. The van der Waals surface area contributed by atoms with E-state index in [9.17, 15) is 0 Å². The average Bonchev–Trinajstić information content (AvgIpc) is 1.12. The van der Waals surface area contributed by atoms with Crippen LogP contribution in [0.1, 0.15) is 0 Å². The quantitative estimate of drug-likeness (QED) is 0.285. The second-order valence-corrected chi connectivity index (χ2v) is 2.68. The van der Waals surface area contributed by atoms with Crippen LogP contribution in [0.4, 0.5) is 0 Å². The molecule has 0 fully saturated rings. The van der Waals surface area contributed by atoms with Crippen LogP contribution in [-0.2, 0) is 9.13 Å². The van der Waals surface area contributed by atoms with Gasteiger partial charge in [0.05, 0.1) is 0 Å². The molecule has 0 unspecified atom stereocenters. The molecule has 0 saturated carbocycles. The summed E-state index contributed by atoms with van der Waals surface area (Å²) in [5.41, 5.74) is 0. The third kappa shape index (κ3) is 158. The number of phosphoric acid groups is 2. The third-order valence-corrected chi connectivity index (χ3v) is 0. The van der Waals surface area contributed by atoms with Crippen molar-refractivity contribution < 1.29 is 38.5 Å². The van der Waals surface area contributed by atoms with Gasteiger partial charge in [0.2, 0.25) is 0 Å². The van der Waals surface area contributed by atoms with Gasteiger partial charge in [0.1, 0.15) is 0 Å². The van der Waals surface area contributed by atoms with E-state index in [-0.39, 0.29) is 159 Å². The molecule has 14 heavy (non-hydrogen) atoms. The zero-order valence-electron chi connectivity index (χ0n) is 6.28. The molecule has 0 N–H and O–H groups in total. The molecular formula is H2Ca3O8P2Sr. The van der Waals surface area contributed by atoms with Crippen LogP contribution >= 0.6 is 15.6 Å². The fourth-order valence-corrected chi connectivity index (χ4v) is 0. The summed E-state index contributed by atoms with van der Waals surface area (Å²) in [7, 11) is -10.8. The topological polar surface area (TPSA) is 172 Å². The molecule has 0 bridgehead atoms. The van der Waals surface area contributed by atoms with Crippen LogP contribution in [0, 0.1) is 0 Å². The number of hydrogen-bond acceptors (Lipinski definition) is 8. The first-order valence-corrected chi connectivity index (χ1v) is 4.38. The standard InChI is InChI=1S/3Ca.2H3O4P.Sr.2H/c;;;2*1-5(2,3)4;;;/h;;;2*(H3,1,2,3,4);;;/q3*+2;;;;;/p-6. The van der Waals surface area contributed by atoms with E-state index in [4.69, 9.17) is 38.5 Å². The summed E-state index contributed by atoms with van der Waals surface area (Å²) in [6, 6.07) is 0. The molecule has 0 spiro atoms. The molecule has 0 aromatic heterocycles. The Kier molecular flexibility index (Phi) is 48.3. The van der Waals surface area contributed by atoms with Crippen molar-refractivity contribution in [2.75, 3.05) is 0 Å². The van der Waals surface area contributed by atoms with E-state index in [1.54, 1.807) is 0 Å². The zero-order valence-corrected chi connectivity index (χ0v) is 14.7. The van der Waals surface area contributed by atoms with Crippen LogP contribution < -0.4 is 29.4 Å². The van der Waals surface area contributed by atoms with E-state index in [1.165, 1.54) is 0 Å². The van der Waals surface area contributed by atoms with Gasteiger partial charge in [-0.1, -0.05) is 0 Å². The molecule has 0 aliphatic rings. The van der Waals surface area contributed by atoms with E-state index < -0.39 is 15.6 Å². The molecule has 0 aliphatic heterocycles. The fourth-order valence-electron chi connectivity index (χ4n) is 0. The first-order valence-electron chi connectivity index (χ1n) is 1.46. The molecule has 0 aromatic rings. The molecule has 0 amide bonds. The predicted molar refractivity (Wildman–Crippen MR) is 41.0 cm³/mol. The Labute approximate surface area is 207 Å². The van der Waals surface area contributed by atoms with Crippen molar-refractivity contribution in [3.63, 3.8) is 0 Å². The molecule has 0 saturated heterocycles. The second-order valence-electron chi connectivity index (χ2n) is 0.894. The Morgan fingerprint density at radius 2 is 0.571 bits per heavy atom. The van der Waals surface area contributed by atoms with E-state index in [1.807, 2.05) is 0 Å². The summed E-state index contributed by atoms with van der Waals surface area (Å²) >= 11 is 0. The van der Waals surface area contributed by atoms with E-state index >= 15 is 0 Å². The predicted octanol–water partition coefficient (Wildman–Crippen LogP) is -7.71. The normalized spacial score (nSPS) is 8.43. The van der Waals surface area contributed by atoms with Crippen molar-refractivity contribution in [3.8, 4) is 0 Å². The van der Waals surface area contributed by atoms with Gasteiger partial charge < -0.3 is 38.5 Å². The van der Waals surface area contributed by atoms with Crippen LogP contribution in [0.3, 0.4) is 0 Å². The van der Waals surface area contributed by atoms with Crippen LogP contribution in [0.25, 0.3) is 0 Å². The Morgan fingerprint density at radius 1 is 0.571 bits per heavy atom. The van der Waals surface area contributed by atoms with E-state index in [0.717, 1.165) is 0 Å². The maximum atomic E-state index is 8.55. The van der Waals surface area contributed by atoms with Gasteiger partial charge in [0.15, 0.2) is 0 Å². The molecule has 0 rings (SSSR count). The summed E-state index contributed by atoms with van der Waals surface area (Å²) in [5.74, 6) is 0. The molecule has 0 radical (unpaired) electrons. The Morgan fingerprint density at radius 3 is 0.571 bits per heavy atom. The first kappa shape index (κ1) is 36.6. The Hall–Kier alpha value is 5.48. The molecule has 68 valence electrons. The fraction of sp³-hybridized carbons (Fsp3) is 0. The average molecular weight is 400 g/mol. The molecule has 0 aliphatic carbocycles. The summed E-state index contributed by atoms with van der Waals surface area (Å²) in [6.07, 6.45) is 0. The minimum absolute atomic E-state index is 0. The molecule has 0 aromatic carbocycles. The van der Waals surface area contributed by atoms with Gasteiger partial charge >= 0.3 is 159 Å². The molecule has 14 heteroatoms. The van der Waals surface area contributed by atoms with Gasteiger partial charge in [-0.3, -0.25) is 0 Å². The SMILES string of the molecule is O=P([O-])([O-])[O-].O=P([O-])([O-])[O-].[Ca+2].[Ca+2].[Ca+2].[SrH2]. The summed E-state index contributed by atoms with van der Waals surface area (Å²) in [6.45, 7) is 0. The maximum absolute atomic E-state index is 8.55. The van der Waals surface area contributed by atoms with Gasteiger partial charge in [-0.15, -0.1) is 0 Å². The van der Waals surface area contributed by atoms with E-state index in [2.05, 4.69) is 0 Å². The van der Waals surface area contributed by atoms with Crippen LogP contribution in [-0.4, -0.2) is 159 Å². The molecular weight excluding hydrogens is 398 g/mol. The number of rotatable bonds is 0. The second kappa shape index (κ2) is 18.5. The molecule has 0 heterocycles. The van der Waals surface area contributed by atoms with Crippen molar-refractivity contribution in [2.45, 2.75) is 0 Å². The molecule has 0 atom stereocenters. The Bertz CT molecular complexity index is 135. The zero-order chi connectivity index (χ0) is 9.00. The van der Waals surface area contributed by atoms with Crippen molar-refractivity contribution in [1.29, 1.82) is 0 Å². The van der Waals surface area contributed by atoms with Gasteiger partial charge in [-0.2, -0.15) is 15.6 Å². The van der Waals surface area contributed by atoms with Crippen molar-refractivity contribution in [3.05, 3.63) is 0 Å². The summed E-state index contributed by atoms with van der Waals surface area (Å²) < 4.78 is 17.1. The van der Waals surface area contributed by atoms with Crippen LogP contribution in [0.15, 0.2) is 0 Å².